The Kier molecular flexibility index (Phi) is 8.38. The van der Waals surface area contributed by atoms with E-state index in [1.165, 1.54) is 37.7 Å². The SMILES string of the molecule is COC(=O)CC(C)C(=O)N1CCC(c2nc(C(=O)Nc3ccccc3N3CCCCC3)cs2)CC1. The second-order valence-electron chi connectivity index (χ2n) is 9.37. The van der Waals surface area contributed by atoms with Crippen LogP contribution in [0.25, 0.3) is 0 Å². The van der Waals surface area contributed by atoms with E-state index in [0.29, 0.717) is 18.8 Å². The maximum atomic E-state index is 13.0. The predicted octanol–water partition coefficient (Wildman–Crippen LogP) is 4.29. The van der Waals surface area contributed by atoms with Crippen LogP contribution in [0.3, 0.4) is 0 Å². The number of piperidine rings is 2. The molecule has 2 aliphatic rings. The van der Waals surface area contributed by atoms with Gasteiger partial charge in [-0.25, -0.2) is 4.98 Å². The van der Waals surface area contributed by atoms with Crippen molar-refractivity contribution in [3.63, 3.8) is 0 Å². The molecule has 188 valence electrons. The summed E-state index contributed by atoms with van der Waals surface area (Å²) < 4.78 is 4.68. The summed E-state index contributed by atoms with van der Waals surface area (Å²) in [5, 5.41) is 5.83. The molecule has 3 heterocycles. The van der Waals surface area contributed by atoms with Gasteiger partial charge in [-0.3, -0.25) is 14.4 Å². The van der Waals surface area contributed by atoms with Crippen LogP contribution in [0.2, 0.25) is 0 Å². The van der Waals surface area contributed by atoms with E-state index in [0.717, 1.165) is 42.3 Å². The lowest BCUT2D eigenvalue weighted by Gasteiger charge is -2.32. The van der Waals surface area contributed by atoms with Crippen LogP contribution in [0.4, 0.5) is 11.4 Å². The number of esters is 1. The number of hydrogen-bond donors (Lipinski definition) is 1. The second-order valence-corrected chi connectivity index (χ2v) is 10.3. The van der Waals surface area contributed by atoms with Crippen molar-refractivity contribution < 1.29 is 19.1 Å². The number of amides is 2. The first-order valence-electron chi connectivity index (χ1n) is 12.4. The summed E-state index contributed by atoms with van der Waals surface area (Å²) >= 11 is 1.51. The van der Waals surface area contributed by atoms with Crippen molar-refractivity contribution in [2.24, 2.45) is 5.92 Å². The number of rotatable bonds is 7. The van der Waals surface area contributed by atoms with E-state index >= 15 is 0 Å². The second kappa shape index (κ2) is 11.7. The lowest BCUT2D eigenvalue weighted by atomic mass is 9.96. The quantitative estimate of drug-likeness (QED) is 0.573. The molecule has 9 heteroatoms. The number of carbonyl (C=O) groups is 3. The minimum atomic E-state index is -0.387. The highest BCUT2D eigenvalue weighted by Gasteiger charge is 2.29. The molecule has 2 aromatic rings. The maximum Gasteiger partial charge on any atom is 0.306 e. The average molecular weight is 499 g/mol. The molecular formula is C26H34N4O4S. The number of benzene rings is 1. The highest BCUT2D eigenvalue weighted by Crippen LogP contribution is 2.32. The Morgan fingerprint density at radius 3 is 2.54 bits per heavy atom. The van der Waals surface area contributed by atoms with Crippen LogP contribution in [-0.2, 0) is 14.3 Å². The fraction of sp³-hybridized carbons (Fsp3) is 0.538. The number of ether oxygens (including phenoxy) is 1. The van der Waals surface area contributed by atoms with E-state index in [1.54, 1.807) is 6.92 Å². The van der Waals surface area contributed by atoms with Crippen molar-refractivity contribution in [1.82, 2.24) is 9.88 Å². The average Bonchev–Trinajstić information content (AvgIpc) is 3.40. The van der Waals surface area contributed by atoms with Gasteiger partial charge in [-0.15, -0.1) is 11.3 Å². The Morgan fingerprint density at radius 1 is 1.11 bits per heavy atom. The third kappa shape index (κ3) is 6.20. The van der Waals surface area contributed by atoms with E-state index in [4.69, 9.17) is 0 Å². The molecule has 1 N–H and O–H groups in total. The minimum Gasteiger partial charge on any atom is -0.469 e. The third-order valence-corrected chi connectivity index (χ3v) is 7.89. The Morgan fingerprint density at radius 2 is 1.83 bits per heavy atom. The third-order valence-electron chi connectivity index (χ3n) is 6.88. The van der Waals surface area contributed by atoms with Gasteiger partial charge < -0.3 is 19.9 Å². The largest absolute Gasteiger partial charge is 0.469 e. The number of para-hydroxylation sites is 2. The number of anilines is 2. The molecule has 0 saturated carbocycles. The fourth-order valence-electron chi connectivity index (χ4n) is 4.83. The first-order valence-corrected chi connectivity index (χ1v) is 13.3. The van der Waals surface area contributed by atoms with Crippen LogP contribution in [0.15, 0.2) is 29.6 Å². The molecule has 4 rings (SSSR count). The molecule has 1 aromatic carbocycles. The smallest absolute Gasteiger partial charge is 0.306 e. The van der Waals surface area contributed by atoms with Gasteiger partial charge >= 0.3 is 5.97 Å². The number of thiazole rings is 1. The molecule has 2 amide bonds. The number of likely N-dealkylation sites (tertiary alicyclic amines) is 1. The van der Waals surface area contributed by atoms with E-state index in [-0.39, 0.29) is 36.0 Å². The minimum absolute atomic E-state index is 0.0135. The van der Waals surface area contributed by atoms with Gasteiger partial charge in [0.1, 0.15) is 5.69 Å². The number of nitrogens with one attached hydrogen (secondary N) is 1. The highest BCUT2D eigenvalue weighted by molar-refractivity contribution is 7.10. The highest BCUT2D eigenvalue weighted by atomic mass is 32.1. The zero-order valence-corrected chi connectivity index (χ0v) is 21.3. The molecule has 2 fully saturated rings. The standard InChI is InChI=1S/C26H34N4O4S/c1-18(16-23(31)34-2)26(33)30-14-10-19(11-15-30)25-28-21(17-35-25)24(32)27-20-8-4-5-9-22(20)29-12-6-3-7-13-29/h4-5,8-9,17-19H,3,6-7,10-16H2,1-2H3,(H,27,32). The summed E-state index contributed by atoms with van der Waals surface area (Å²) in [4.78, 5) is 46.0. The first-order chi connectivity index (χ1) is 17.0. The fourth-order valence-corrected chi connectivity index (χ4v) is 5.81. The van der Waals surface area contributed by atoms with Crippen LogP contribution in [0, 0.1) is 5.92 Å². The van der Waals surface area contributed by atoms with E-state index in [2.05, 4.69) is 26.0 Å². The van der Waals surface area contributed by atoms with Gasteiger partial charge in [0.25, 0.3) is 5.91 Å². The molecule has 35 heavy (non-hydrogen) atoms. The van der Waals surface area contributed by atoms with Crippen molar-refractivity contribution in [2.45, 2.75) is 51.4 Å². The maximum absolute atomic E-state index is 13.0. The molecular weight excluding hydrogens is 464 g/mol. The summed E-state index contributed by atoms with van der Waals surface area (Å²) in [6.45, 7) is 5.03. The number of carbonyl (C=O) groups excluding carboxylic acids is 3. The molecule has 1 unspecified atom stereocenters. The summed E-state index contributed by atoms with van der Waals surface area (Å²) in [5.41, 5.74) is 2.32. The van der Waals surface area contributed by atoms with Gasteiger partial charge in [-0.05, 0) is 44.2 Å². The molecule has 1 atom stereocenters. The lowest BCUT2D eigenvalue weighted by molar-refractivity contribution is -0.146. The van der Waals surface area contributed by atoms with Gasteiger partial charge in [0.2, 0.25) is 5.91 Å². The monoisotopic (exact) mass is 498 g/mol. The zero-order valence-electron chi connectivity index (χ0n) is 20.5. The van der Waals surface area contributed by atoms with Gasteiger partial charge in [-0.1, -0.05) is 19.1 Å². The van der Waals surface area contributed by atoms with Gasteiger partial charge in [0.15, 0.2) is 0 Å². The van der Waals surface area contributed by atoms with Crippen molar-refractivity contribution in [3.8, 4) is 0 Å². The molecule has 0 aliphatic carbocycles. The molecule has 8 nitrogen and oxygen atoms in total. The van der Waals surface area contributed by atoms with Crippen LogP contribution < -0.4 is 10.2 Å². The lowest BCUT2D eigenvalue weighted by Crippen LogP contribution is -2.41. The van der Waals surface area contributed by atoms with Gasteiger partial charge in [-0.2, -0.15) is 0 Å². The van der Waals surface area contributed by atoms with Crippen molar-refractivity contribution in [1.29, 1.82) is 0 Å². The van der Waals surface area contributed by atoms with Crippen molar-refractivity contribution >= 4 is 40.5 Å². The number of methoxy groups -OCH3 is 1. The number of aromatic nitrogens is 1. The summed E-state index contributed by atoms with van der Waals surface area (Å²) in [5.74, 6) is -0.737. The summed E-state index contributed by atoms with van der Waals surface area (Å²) in [6.07, 6.45) is 5.29. The van der Waals surface area contributed by atoms with Crippen molar-refractivity contribution in [3.05, 3.63) is 40.3 Å². The van der Waals surface area contributed by atoms with Crippen LogP contribution >= 0.6 is 11.3 Å². The molecule has 2 aliphatic heterocycles. The molecule has 0 bridgehead atoms. The van der Waals surface area contributed by atoms with E-state index in [9.17, 15) is 14.4 Å². The van der Waals surface area contributed by atoms with Crippen LogP contribution in [0.5, 0.6) is 0 Å². The summed E-state index contributed by atoms with van der Waals surface area (Å²) in [7, 11) is 1.33. The number of hydrogen-bond acceptors (Lipinski definition) is 7. The molecule has 1 aromatic heterocycles. The van der Waals surface area contributed by atoms with Gasteiger partial charge in [0, 0.05) is 43.4 Å². The Bertz CT molecular complexity index is 1040. The topological polar surface area (TPSA) is 91.8 Å². The summed E-state index contributed by atoms with van der Waals surface area (Å²) in [6, 6.07) is 7.96. The number of nitrogens with zero attached hydrogens (tertiary/aromatic N) is 3. The van der Waals surface area contributed by atoms with Crippen molar-refractivity contribution in [2.75, 3.05) is 43.5 Å². The zero-order chi connectivity index (χ0) is 24.8. The Labute approximate surface area is 210 Å². The van der Waals surface area contributed by atoms with E-state index in [1.807, 2.05) is 28.5 Å². The predicted molar refractivity (Wildman–Crippen MR) is 137 cm³/mol. The van der Waals surface area contributed by atoms with Crippen LogP contribution in [0.1, 0.15) is 66.9 Å². The molecule has 0 spiro atoms. The first kappa shape index (κ1) is 25.2. The Hall–Kier alpha value is -2.94. The van der Waals surface area contributed by atoms with Gasteiger partial charge in [0.05, 0.1) is 29.9 Å². The molecule has 0 radical (unpaired) electrons. The normalized spacial score (nSPS) is 17.7. The Balaban J connectivity index is 1.33. The van der Waals surface area contributed by atoms with Crippen LogP contribution in [-0.4, -0.2) is 61.0 Å². The van der Waals surface area contributed by atoms with E-state index < -0.39 is 0 Å². The molecule has 2 saturated heterocycles.